The summed E-state index contributed by atoms with van der Waals surface area (Å²) < 4.78 is 1.74. The summed E-state index contributed by atoms with van der Waals surface area (Å²) >= 11 is 0. The first-order valence-corrected chi connectivity index (χ1v) is 7.30. The highest BCUT2D eigenvalue weighted by molar-refractivity contribution is 5.89. The number of aliphatic hydroxyl groups is 1. The summed E-state index contributed by atoms with van der Waals surface area (Å²) in [6, 6.07) is 1.72. The summed E-state index contributed by atoms with van der Waals surface area (Å²) in [5.74, 6) is 0.574. The second-order valence-corrected chi connectivity index (χ2v) is 5.99. The van der Waals surface area contributed by atoms with Gasteiger partial charge in [-0.1, -0.05) is 12.8 Å². The second kappa shape index (κ2) is 4.77. The molecule has 2 heterocycles. The maximum atomic E-state index is 12.5. The minimum absolute atomic E-state index is 0.137. The zero-order valence-corrected chi connectivity index (χ0v) is 12.1. The van der Waals surface area contributed by atoms with Gasteiger partial charge in [0.05, 0.1) is 11.6 Å². The molecule has 3 rings (SSSR count). The number of carbonyl (C=O) groups is 1. The van der Waals surface area contributed by atoms with Gasteiger partial charge >= 0.3 is 6.03 Å². The van der Waals surface area contributed by atoms with Crippen LogP contribution >= 0.6 is 0 Å². The minimum atomic E-state index is -0.388. The summed E-state index contributed by atoms with van der Waals surface area (Å²) in [4.78, 5) is 14.3. The molecule has 2 N–H and O–H groups in total. The van der Waals surface area contributed by atoms with Gasteiger partial charge in [-0.3, -0.25) is 10.00 Å². The maximum absolute atomic E-state index is 12.5. The van der Waals surface area contributed by atoms with Crippen molar-refractivity contribution in [2.45, 2.75) is 50.7 Å². The fraction of sp³-hybridized carbons (Fsp3) is 0.714. The van der Waals surface area contributed by atoms with Gasteiger partial charge in [-0.25, -0.2) is 4.79 Å². The predicted octanol–water partition coefficient (Wildman–Crippen LogP) is 1.64. The van der Waals surface area contributed by atoms with Crippen LogP contribution in [0.15, 0.2) is 6.07 Å². The summed E-state index contributed by atoms with van der Waals surface area (Å²) in [6.45, 7) is 2.57. The fourth-order valence-corrected chi connectivity index (χ4v) is 3.62. The average Bonchev–Trinajstić information content (AvgIpc) is 3.06. The van der Waals surface area contributed by atoms with E-state index in [0.717, 1.165) is 31.4 Å². The zero-order chi connectivity index (χ0) is 14.3. The molecule has 1 unspecified atom stereocenters. The van der Waals surface area contributed by atoms with Crippen LogP contribution in [0.25, 0.3) is 0 Å². The molecule has 2 aliphatic rings. The van der Waals surface area contributed by atoms with Gasteiger partial charge in [0.25, 0.3) is 0 Å². The summed E-state index contributed by atoms with van der Waals surface area (Å²) in [5, 5.41) is 17.4. The van der Waals surface area contributed by atoms with E-state index in [4.69, 9.17) is 0 Å². The van der Waals surface area contributed by atoms with Crippen molar-refractivity contribution in [3.8, 4) is 0 Å². The number of carbonyl (C=O) groups excluding carboxylic acids is 1. The van der Waals surface area contributed by atoms with Crippen LogP contribution < -0.4 is 5.32 Å². The van der Waals surface area contributed by atoms with Crippen molar-refractivity contribution in [1.29, 1.82) is 0 Å². The van der Waals surface area contributed by atoms with E-state index in [1.807, 2.05) is 24.9 Å². The van der Waals surface area contributed by atoms with Crippen molar-refractivity contribution in [2.24, 2.45) is 7.05 Å². The number of likely N-dealkylation sites (tertiary alicyclic amines) is 1. The Labute approximate surface area is 118 Å². The van der Waals surface area contributed by atoms with Crippen molar-refractivity contribution in [3.63, 3.8) is 0 Å². The highest BCUT2D eigenvalue weighted by Crippen LogP contribution is 2.43. The summed E-state index contributed by atoms with van der Waals surface area (Å²) in [5.41, 5.74) is 0.658. The Bertz CT molecular complexity index is 500. The molecular weight excluding hydrogens is 256 g/mol. The summed E-state index contributed by atoms with van der Waals surface area (Å²) in [6.07, 6.45) is 4.27. The fourth-order valence-electron chi connectivity index (χ4n) is 3.62. The van der Waals surface area contributed by atoms with Crippen molar-refractivity contribution in [1.82, 2.24) is 14.7 Å². The molecule has 0 radical (unpaired) electrons. The molecule has 2 amide bonds. The first-order valence-electron chi connectivity index (χ1n) is 7.30. The molecule has 6 nitrogen and oxygen atoms in total. The van der Waals surface area contributed by atoms with Gasteiger partial charge in [-0.05, 0) is 26.2 Å². The predicted molar refractivity (Wildman–Crippen MR) is 75.5 cm³/mol. The number of hydrogen-bond donors (Lipinski definition) is 2. The molecule has 1 spiro atoms. The topological polar surface area (TPSA) is 70.4 Å². The van der Waals surface area contributed by atoms with Gasteiger partial charge in [0.2, 0.25) is 0 Å². The van der Waals surface area contributed by atoms with Gasteiger partial charge in [-0.2, -0.15) is 5.10 Å². The van der Waals surface area contributed by atoms with Gasteiger partial charge < -0.3 is 10.0 Å². The number of urea groups is 1. The molecule has 1 aromatic rings. The van der Waals surface area contributed by atoms with E-state index < -0.39 is 0 Å². The van der Waals surface area contributed by atoms with E-state index in [1.165, 1.54) is 0 Å². The highest BCUT2D eigenvalue weighted by Gasteiger charge is 2.51. The van der Waals surface area contributed by atoms with Crippen molar-refractivity contribution in [3.05, 3.63) is 11.8 Å². The smallest absolute Gasteiger partial charge is 0.323 e. The van der Waals surface area contributed by atoms with E-state index in [9.17, 15) is 9.90 Å². The third-order valence-corrected chi connectivity index (χ3v) is 4.85. The maximum Gasteiger partial charge on any atom is 0.323 e. The molecule has 1 aliphatic carbocycles. The van der Waals surface area contributed by atoms with Crippen molar-refractivity contribution >= 4 is 11.8 Å². The van der Waals surface area contributed by atoms with Crippen LogP contribution in [0.4, 0.5) is 10.6 Å². The monoisotopic (exact) mass is 278 g/mol. The van der Waals surface area contributed by atoms with Crippen LogP contribution in [0.3, 0.4) is 0 Å². The van der Waals surface area contributed by atoms with Crippen LogP contribution in [0.5, 0.6) is 0 Å². The number of anilines is 1. The molecule has 1 atom stereocenters. The van der Waals surface area contributed by atoms with Crippen molar-refractivity contribution in [2.75, 3.05) is 11.9 Å². The third kappa shape index (κ3) is 1.98. The molecule has 20 heavy (non-hydrogen) atoms. The lowest BCUT2D eigenvalue weighted by molar-refractivity contribution is 0.0522. The largest absolute Gasteiger partial charge is 0.391 e. The number of hydrogen-bond acceptors (Lipinski definition) is 3. The molecule has 1 aromatic heterocycles. The van der Waals surface area contributed by atoms with Crippen molar-refractivity contribution < 1.29 is 9.90 Å². The number of nitrogens with zero attached hydrogens (tertiary/aromatic N) is 3. The Balaban J connectivity index is 1.76. The number of aryl methyl sites for hydroxylation is 2. The Morgan fingerprint density at radius 1 is 1.50 bits per heavy atom. The van der Waals surface area contributed by atoms with Crippen LogP contribution in [-0.4, -0.2) is 44.0 Å². The number of nitrogens with one attached hydrogen (secondary N) is 1. The van der Waals surface area contributed by atoms with Gasteiger partial charge in [0.15, 0.2) is 5.82 Å². The van der Waals surface area contributed by atoms with Crippen LogP contribution in [0.2, 0.25) is 0 Å². The molecule has 1 saturated heterocycles. The molecule has 2 fully saturated rings. The Morgan fingerprint density at radius 3 is 2.80 bits per heavy atom. The molecule has 6 heteroatoms. The van der Waals surface area contributed by atoms with Crippen LogP contribution in [-0.2, 0) is 7.05 Å². The first-order chi connectivity index (χ1) is 9.53. The van der Waals surface area contributed by atoms with E-state index in [1.54, 1.807) is 4.68 Å². The molecule has 1 aliphatic heterocycles. The normalized spacial score (nSPS) is 24.6. The van der Waals surface area contributed by atoms with E-state index in [0.29, 0.717) is 18.8 Å². The minimum Gasteiger partial charge on any atom is -0.391 e. The van der Waals surface area contributed by atoms with E-state index >= 15 is 0 Å². The third-order valence-electron chi connectivity index (χ3n) is 4.85. The van der Waals surface area contributed by atoms with Gasteiger partial charge in [0.1, 0.15) is 0 Å². The molecular formula is C14H22N4O2. The lowest BCUT2D eigenvalue weighted by atomic mass is 9.91. The van der Waals surface area contributed by atoms with E-state index in [-0.39, 0.29) is 17.7 Å². The van der Waals surface area contributed by atoms with Crippen LogP contribution in [0.1, 0.15) is 37.8 Å². The number of aliphatic hydroxyl groups excluding tert-OH is 1. The number of aromatic nitrogens is 2. The number of amides is 2. The van der Waals surface area contributed by atoms with Gasteiger partial charge in [-0.15, -0.1) is 0 Å². The molecule has 1 saturated carbocycles. The Hall–Kier alpha value is -1.56. The SMILES string of the molecule is Cc1cc(NC(=O)N2CCC(O)C23CCCC3)nn1C. The lowest BCUT2D eigenvalue weighted by Crippen LogP contribution is -2.52. The molecule has 0 aromatic carbocycles. The first kappa shape index (κ1) is 13.4. The summed E-state index contributed by atoms with van der Waals surface area (Å²) in [7, 11) is 1.85. The van der Waals surface area contributed by atoms with Gasteiger partial charge in [0, 0.05) is 25.4 Å². The Morgan fingerprint density at radius 2 is 2.20 bits per heavy atom. The highest BCUT2D eigenvalue weighted by atomic mass is 16.3. The number of rotatable bonds is 1. The lowest BCUT2D eigenvalue weighted by Gasteiger charge is -2.37. The second-order valence-electron chi connectivity index (χ2n) is 5.99. The molecule has 110 valence electrons. The van der Waals surface area contributed by atoms with Crippen LogP contribution in [0, 0.1) is 6.92 Å². The Kier molecular flexibility index (Phi) is 3.20. The van der Waals surface area contributed by atoms with E-state index in [2.05, 4.69) is 10.4 Å². The standard InChI is InChI=1S/C14H22N4O2/c1-10-9-12(16-17(10)2)15-13(20)18-8-5-11(19)14(18)6-3-4-7-14/h9,11,19H,3-8H2,1-2H3,(H,15,16,20). The average molecular weight is 278 g/mol. The zero-order valence-electron chi connectivity index (χ0n) is 12.1. The quantitative estimate of drug-likeness (QED) is 0.820. The molecule has 0 bridgehead atoms.